The van der Waals surface area contributed by atoms with Crippen molar-refractivity contribution in [3.8, 4) is 0 Å². The molecule has 0 radical (unpaired) electrons. The van der Waals surface area contributed by atoms with E-state index < -0.39 is 72.1 Å². The standard InChI is InChI=1S/C26H23Cl5FNO8S/c1-4-13(5-2)21-22(41-42(37,38)19-11-17(29)16(28)10-18(19)30)25(24(35)36,12-20(33-39-3)26(21,31)32)40-23(34)14-6-8-15(27)9-7-14/h6-11,13H,4-5,12H2,1-3H3,(H,35,36)/t25?,26-/m1/s1. The van der Waals surface area contributed by atoms with Gasteiger partial charge in [-0.05, 0) is 55.2 Å². The maximum atomic E-state index is 16.6. The van der Waals surface area contributed by atoms with Gasteiger partial charge >= 0.3 is 22.1 Å². The van der Waals surface area contributed by atoms with Crippen molar-refractivity contribution in [3.05, 3.63) is 73.4 Å². The number of carboxylic acids is 1. The zero-order valence-electron chi connectivity index (χ0n) is 22.1. The number of aliphatic carboxylic acids is 1. The fraction of sp³-hybridized carbons (Fsp3) is 0.346. The van der Waals surface area contributed by atoms with Gasteiger partial charge in [0, 0.05) is 10.6 Å². The fourth-order valence-corrected chi connectivity index (χ4v) is 6.80. The lowest BCUT2D eigenvalue weighted by Crippen LogP contribution is -2.56. The van der Waals surface area contributed by atoms with Gasteiger partial charge in [-0.1, -0.05) is 77.0 Å². The predicted octanol–water partition coefficient (Wildman–Crippen LogP) is 7.69. The third-order valence-corrected chi connectivity index (χ3v) is 9.54. The highest BCUT2D eigenvalue weighted by Crippen LogP contribution is 2.51. The average molecular weight is 706 g/mol. The first-order valence-electron chi connectivity index (χ1n) is 12.1. The van der Waals surface area contributed by atoms with Crippen LogP contribution in [0.1, 0.15) is 43.5 Å². The molecule has 228 valence electrons. The minimum absolute atomic E-state index is 0.0871. The monoisotopic (exact) mass is 703 g/mol. The molecule has 0 fully saturated rings. The largest absolute Gasteiger partial charge is 0.478 e. The number of hydrogen-bond donors (Lipinski definition) is 1. The fourth-order valence-electron chi connectivity index (χ4n) is 4.35. The van der Waals surface area contributed by atoms with E-state index in [1.807, 2.05) is 0 Å². The number of hydrogen-bond acceptors (Lipinski definition) is 8. The molecule has 1 aliphatic rings. The van der Waals surface area contributed by atoms with E-state index in [-0.39, 0.29) is 33.5 Å². The number of nitrogens with zero attached hydrogens (tertiary/aromatic N) is 1. The van der Waals surface area contributed by atoms with Crippen molar-refractivity contribution in [2.45, 2.75) is 48.7 Å². The Kier molecular flexibility index (Phi) is 10.7. The van der Waals surface area contributed by atoms with E-state index >= 15 is 4.39 Å². The Morgan fingerprint density at radius 1 is 1.05 bits per heavy atom. The molecule has 0 spiro atoms. The van der Waals surface area contributed by atoms with Gasteiger partial charge in [-0.3, -0.25) is 0 Å². The van der Waals surface area contributed by atoms with Crippen LogP contribution in [0, 0.1) is 5.92 Å². The quantitative estimate of drug-likeness (QED) is 0.0877. The van der Waals surface area contributed by atoms with Gasteiger partial charge in [0.1, 0.15) is 17.7 Å². The number of carboxylic acid groups (broad SMARTS) is 1. The molecule has 2 atom stereocenters. The molecule has 1 N–H and O–H groups in total. The van der Waals surface area contributed by atoms with Crippen LogP contribution in [0.25, 0.3) is 0 Å². The van der Waals surface area contributed by atoms with E-state index in [2.05, 4.69) is 5.16 Å². The Labute approximate surface area is 266 Å². The van der Waals surface area contributed by atoms with Crippen molar-refractivity contribution in [2.24, 2.45) is 11.1 Å². The number of oxime groups is 1. The first-order valence-corrected chi connectivity index (χ1v) is 15.4. The summed E-state index contributed by atoms with van der Waals surface area (Å²) in [6, 6.07) is 7.06. The Balaban J connectivity index is 2.41. The van der Waals surface area contributed by atoms with Crippen LogP contribution in [0.15, 0.2) is 57.8 Å². The first-order chi connectivity index (χ1) is 19.5. The Hall–Kier alpha value is -2.28. The van der Waals surface area contributed by atoms with Gasteiger partial charge in [0.05, 0.1) is 27.1 Å². The lowest BCUT2D eigenvalue weighted by molar-refractivity contribution is -0.157. The maximum Gasteiger partial charge on any atom is 0.356 e. The van der Waals surface area contributed by atoms with Crippen LogP contribution in [-0.4, -0.2) is 49.0 Å². The molecule has 9 nitrogen and oxygen atoms in total. The summed E-state index contributed by atoms with van der Waals surface area (Å²) < 4.78 is 54.7. The summed E-state index contributed by atoms with van der Waals surface area (Å²) in [6.07, 6.45) is -0.837. The van der Waals surface area contributed by atoms with Gasteiger partial charge in [0.25, 0.3) is 10.7 Å². The Bertz CT molecular complexity index is 1560. The smallest absolute Gasteiger partial charge is 0.356 e. The number of alkyl halides is 2. The lowest BCUT2D eigenvalue weighted by atomic mass is 9.75. The molecule has 2 aromatic carbocycles. The average Bonchev–Trinajstić information content (AvgIpc) is 2.91. The number of benzene rings is 2. The van der Waals surface area contributed by atoms with Crippen LogP contribution in [0.5, 0.6) is 0 Å². The molecular weight excluding hydrogens is 683 g/mol. The predicted molar refractivity (Wildman–Crippen MR) is 157 cm³/mol. The van der Waals surface area contributed by atoms with E-state index in [1.165, 1.54) is 24.3 Å². The van der Waals surface area contributed by atoms with Gasteiger partial charge in [-0.2, -0.15) is 8.42 Å². The van der Waals surface area contributed by atoms with E-state index in [0.717, 1.165) is 19.2 Å². The molecule has 1 aliphatic carbocycles. The summed E-state index contributed by atoms with van der Waals surface area (Å²) in [7, 11) is -4.04. The topological polar surface area (TPSA) is 129 Å². The molecule has 0 heterocycles. The van der Waals surface area contributed by atoms with Crippen LogP contribution < -0.4 is 0 Å². The molecule has 2 aromatic rings. The maximum absolute atomic E-state index is 16.6. The third kappa shape index (κ3) is 6.61. The molecule has 3 rings (SSSR count). The van der Waals surface area contributed by atoms with Crippen molar-refractivity contribution in [1.29, 1.82) is 0 Å². The van der Waals surface area contributed by atoms with E-state index in [9.17, 15) is 23.1 Å². The van der Waals surface area contributed by atoms with Crippen LogP contribution >= 0.6 is 58.0 Å². The van der Waals surface area contributed by atoms with E-state index in [0.29, 0.717) is 0 Å². The summed E-state index contributed by atoms with van der Waals surface area (Å²) in [4.78, 5) is 30.3. The zero-order chi connectivity index (χ0) is 31.6. The number of allylic oxidation sites excluding steroid dienone is 1. The second-order valence-corrected chi connectivity index (χ2v) is 12.7. The summed E-state index contributed by atoms with van der Waals surface area (Å²) in [5.41, 5.74) is -4.53. The van der Waals surface area contributed by atoms with Crippen LogP contribution in [0.3, 0.4) is 0 Å². The molecule has 0 saturated heterocycles. The van der Waals surface area contributed by atoms with Crippen LogP contribution in [0.2, 0.25) is 20.1 Å². The number of halogens is 6. The third-order valence-electron chi connectivity index (χ3n) is 6.45. The summed E-state index contributed by atoms with van der Waals surface area (Å²) in [5.74, 6) is -5.19. The molecule has 0 aromatic heterocycles. The number of esters is 1. The number of ether oxygens (including phenoxy) is 1. The number of carbonyl (C=O) groups excluding carboxylic acids is 1. The van der Waals surface area contributed by atoms with Gasteiger partial charge in [-0.25, -0.2) is 14.0 Å². The number of rotatable bonds is 10. The van der Waals surface area contributed by atoms with Gasteiger partial charge in [0.2, 0.25) is 0 Å². The number of carbonyl (C=O) groups is 2. The van der Waals surface area contributed by atoms with Crippen LogP contribution in [-0.2, 0) is 28.7 Å². The molecule has 16 heteroatoms. The summed E-state index contributed by atoms with van der Waals surface area (Å²) >= 11 is 30.3. The molecular formula is C26H23Cl5FNO8S. The van der Waals surface area contributed by atoms with Gasteiger partial charge in [0.15, 0.2) is 5.76 Å². The SMILES string of the molecule is CCC(CC)C1=C(OS(=O)(=O)c2cc(Cl)c(Cl)cc2Cl)C(OC(=O)c2ccc(Cl)cc2)(C(=O)O)CC(=NOC)[C@]1(F)Cl. The highest BCUT2D eigenvalue weighted by atomic mass is 35.5. The molecule has 42 heavy (non-hydrogen) atoms. The van der Waals surface area contributed by atoms with Crippen molar-refractivity contribution in [1.82, 2.24) is 0 Å². The molecule has 1 unspecified atom stereocenters. The zero-order valence-corrected chi connectivity index (χ0v) is 26.7. The van der Waals surface area contributed by atoms with Crippen molar-refractivity contribution >= 4 is 85.8 Å². The second kappa shape index (κ2) is 13.2. The first kappa shape index (κ1) is 34.2. The Morgan fingerprint density at radius 3 is 2.14 bits per heavy atom. The molecule has 0 amide bonds. The van der Waals surface area contributed by atoms with Crippen molar-refractivity contribution in [3.63, 3.8) is 0 Å². The molecule has 0 bridgehead atoms. The minimum atomic E-state index is -5.10. The summed E-state index contributed by atoms with van der Waals surface area (Å²) in [5, 5.41) is 10.5. The highest BCUT2D eigenvalue weighted by Gasteiger charge is 2.63. The van der Waals surface area contributed by atoms with Gasteiger partial charge < -0.3 is 18.9 Å². The van der Waals surface area contributed by atoms with Gasteiger partial charge in [-0.15, -0.1) is 0 Å². The van der Waals surface area contributed by atoms with Crippen LogP contribution in [0.4, 0.5) is 4.39 Å². The normalized spacial score (nSPS) is 21.9. The summed E-state index contributed by atoms with van der Waals surface area (Å²) in [6.45, 7) is 3.25. The van der Waals surface area contributed by atoms with Crippen molar-refractivity contribution < 1.29 is 41.3 Å². The molecule has 0 aliphatic heterocycles. The second-order valence-electron chi connectivity index (χ2n) is 8.99. The van der Waals surface area contributed by atoms with Crippen molar-refractivity contribution in [2.75, 3.05) is 7.11 Å². The lowest BCUT2D eigenvalue weighted by Gasteiger charge is -2.41. The highest BCUT2D eigenvalue weighted by molar-refractivity contribution is 7.87. The van der Waals surface area contributed by atoms with E-state index in [4.69, 9.17) is 71.8 Å². The Morgan fingerprint density at radius 2 is 1.62 bits per heavy atom. The molecule has 0 saturated carbocycles. The van der Waals surface area contributed by atoms with E-state index in [1.54, 1.807) is 13.8 Å². The minimum Gasteiger partial charge on any atom is -0.478 e.